The Balaban J connectivity index is 2.93. The molecule has 2 N–H and O–H groups in total. The molecule has 1 aromatic rings. The first-order valence-electron chi connectivity index (χ1n) is 4.59. The molecule has 8 heteroatoms. The van der Waals surface area contributed by atoms with Crippen LogP contribution in [-0.4, -0.2) is 21.0 Å². The molecule has 0 saturated carbocycles. The summed E-state index contributed by atoms with van der Waals surface area (Å²) in [7, 11) is -3.68. The summed E-state index contributed by atoms with van der Waals surface area (Å²) in [6.45, 7) is 0.432. The number of sulfonamides is 1. The number of anilines is 1. The van der Waals surface area contributed by atoms with Crippen molar-refractivity contribution in [2.45, 2.75) is 12.1 Å². The van der Waals surface area contributed by atoms with E-state index in [-0.39, 0.29) is 5.69 Å². The van der Waals surface area contributed by atoms with Crippen molar-refractivity contribution in [1.82, 2.24) is 5.32 Å². The minimum absolute atomic E-state index is 0.116. The van der Waals surface area contributed by atoms with E-state index < -0.39 is 15.5 Å². The van der Waals surface area contributed by atoms with Gasteiger partial charge in [0.15, 0.2) is 0 Å². The topological polar surface area (TPSA) is 58.2 Å². The highest BCUT2D eigenvalue weighted by Crippen LogP contribution is 2.25. The molecule has 0 spiro atoms. The quantitative estimate of drug-likeness (QED) is 0.873. The third-order valence-electron chi connectivity index (χ3n) is 1.86. The van der Waals surface area contributed by atoms with E-state index in [9.17, 15) is 21.6 Å². The fraction of sp³-hybridized carbons (Fsp3) is 0.333. The van der Waals surface area contributed by atoms with Crippen molar-refractivity contribution in [3.8, 4) is 0 Å². The lowest BCUT2D eigenvalue weighted by atomic mass is 10.2. The summed E-state index contributed by atoms with van der Waals surface area (Å²) in [5.41, 5.74) is -4.75. The molecular weight excluding hydrogens is 257 g/mol. The number of nitrogens with one attached hydrogen (secondary N) is 2. The van der Waals surface area contributed by atoms with Gasteiger partial charge >= 0.3 is 15.5 Å². The molecule has 0 atom stereocenters. The Morgan fingerprint density at radius 1 is 1.29 bits per heavy atom. The van der Waals surface area contributed by atoms with E-state index >= 15 is 0 Å². The summed E-state index contributed by atoms with van der Waals surface area (Å²) in [4.78, 5) is 0. The predicted molar refractivity (Wildman–Crippen MR) is 57.8 cm³/mol. The van der Waals surface area contributed by atoms with E-state index in [1.807, 2.05) is 0 Å². The summed E-state index contributed by atoms with van der Waals surface area (Å²) < 4.78 is 59.5. The van der Waals surface area contributed by atoms with E-state index in [1.165, 1.54) is 22.9 Å². The van der Waals surface area contributed by atoms with Crippen molar-refractivity contribution >= 4 is 15.7 Å². The van der Waals surface area contributed by atoms with Gasteiger partial charge in [-0.3, -0.25) is 4.72 Å². The molecule has 0 radical (unpaired) electrons. The van der Waals surface area contributed by atoms with E-state index in [0.717, 1.165) is 0 Å². The first-order valence-corrected chi connectivity index (χ1v) is 6.07. The minimum atomic E-state index is -5.35. The monoisotopic (exact) mass is 268 g/mol. The lowest BCUT2D eigenvalue weighted by molar-refractivity contribution is -0.0429. The van der Waals surface area contributed by atoms with Crippen molar-refractivity contribution in [3.63, 3.8) is 0 Å². The molecule has 0 bridgehead atoms. The van der Waals surface area contributed by atoms with Gasteiger partial charge in [-0.05, 0) is 24.7 Å². The van der Waals surface area contributed by atoms with Crippen LogP contribution in [0, 0.1) is 0 Å². The van der Waals surface area contributed by atoms with Crippen LogP contribution >= 0.6 is 0 Å². The second kappa shape index (κ2) is 4.92. The van der Waals surface area contributed by atoms with Crippen molar-refractivity contribution in [3.05, 3.63) is 29.8 Å². The van der Waals surface area contributed by atoms with Crippen molar-refractivity contribution in [2.24, 2.45) is 0 Å². The summed E-state index contributed by atoms with van der Waals surface area (Å²) >= 11 is 0. The first kappa shape index (κ1) is 13.8. The molecule has 0 fully saturated rings. The first-order chi connectivity index (χ1) is 7.76. The van der Waals surface area contributed by atoms with Crippen LogP contribution in [0.2, 0.25) is 0 Å². The van der Waals surface area contributed by atoms with Crippen LogP contribution in [0.3, 0.4) is 0 Å². The molecule has 0 unspecified atom stereocenters. The molecule has 0 heterocycles. The van der Waals surface area contributed by atoms with Gasteiger partial charge in [-0.1, -0.05) is 12.1 Å². The second-order valence-electron chi connectivity index (χ2n) is 3.28. The van der Waals surface area contributed by atoms with Gasteiger partial charge < -0.3 is 5.32 Å². The average molecular weight is 268 g/mol. The zero-order valence-corrected chi connectivity index (χ0v) is 9.69. The van der Waals surface area contributed by atoms with Gasteiger partial charge in [0.05, 0.1) is 0 Å². The zero-order chi connectivity index (χ0) is 13.1. The molecule has 0 amide bonds. The van der Waals surface area contributed by atoms with Crippen LogP contribution in [0.5, 0.6) is 0 Å². The smallest absolute Gasteiger partial charge is 0.316 e. The number of halogens is 3. The Kier molecular flexibility index (Phi) is 3.99. The highest BCUT2D eigenvalue weighted by atomic mass is 32.2. The van der Waals surface area contributed by atoms with Gasteiger partial charge in [0.25, 0.3) is 0 Å². The van der Waals surface area contributed by atoms with Crippen LogP contribution in [0.15, 0.2) is 24.3 Å². The maximum absolute atomic E-state index is 12.1. The lowest BCUT2D eigenvalue weighted by Gasteiger charge is -2.11. The number of rotatable bonds is 4. The van der Waals surface area contributed by atoms with Crippen LogP contribution in [0.25, 0.3) is 0 Å². The SMILES string of the molecule is CNCc1cccc(NS(=O)(=O)C(F)(F)F)c1. The summed E-state index contributed by atoms with van der Waals surface area (Å²) in [5.74, 6) is 0. The lowest BCUT2D eigenvalue weighted by Crippen LogP contribution is -2.29. The Hall–Kier alpha value is -1.28. The molecule has 17 heavy (non-hydrogen) atoms. The number of alkyl halides is 3. The third-order valence-corrected chi connectivity index (χ3v) is 2.98. The molecule has 0 aliphatic rings. The highest BCUT2D eigenvalue weighted by Gasteiger charge is 2.45. The maximum atomic E-state index is 12.1. The Morgan fingerprint density at radius 2 is 1.94 bits per heavy atom. The molecule has 0 aliphatic heterocycles. The van der Waals surface area contributed by atoms with Gasteiger partial charge in [0.2, 0.25) is 0 Å². The average Bonchev–Trinajstić information content (AvgIpc) is 2.16. The molecule has 0 aliphatic carbocycles. The Labute approximate surface area is 96.9 Å². The molecule has 0 saturated heterocycles. The highest BCUT2D eigenvalue weighted by molar-refractivity contribution is 7.93. The fourth-order valence-corrected chi connectivity index (χ4v) is 1.71. The van der Waals surface area contributed by atoms with E-state index in [1.54, 1.807) is 13.1 Å². The van der Waals surface area contributed by atoms with Gasteiger partial charge in [-0.25, -0.2) is 0 Å². The minimum Gasteiger partial charge on any atom is -0.316 e. The third kappa shape index (κ3) is 3.60. The number of hydrogen-bond acceptors (Lipinski definition) is 3. The van der Waals surface area contributed by atoms with E-state index in [4.69, 9.17) is 0 Å². The predicted octanol–water partition coefficient (Wildman–Crippen LogP) is 1.67. The van der Waals surface area contributed by atoms with Crippen LogP contribution in [0.1, 0.15) is 5.56 Å². The Bertz CT molecular complexity index is 485. The van der Waals surface area contributed by atoms with Crippen LogP contribution in [0.4, 0.5) is 18.9 Å². The normalized spacial score (nSPS) is 12.5. The summed E-state index contributed by atoms with van der Waals surface area (Å²) in [6, 6.07) is 5.73. The molecule has 4 nitrogen and oxygen atoms in total. The second-order valence-corrected chi connectivity index (χ2v) is 4.96. The van der Waals surface area contributed by atoms with Gasteiger partial charge in [-0.15, -0.1) is 0 Å². The Morgan fingerprint density at radius 3 is 2.47 bits per heavy atom. The fourth-order valence-electron chi connectivity index (χ4n) is 1.16. The summed E-state index contributed by atoms with van der Waals surface area (Å²) in [5, 5.41) is 2.80. The maximum Gasteiger partial charge on any atom is 0.516 e. The zero-order valence-electron chi connectivity index (χ0n) is 8.88. The van der Waals surface area contributed by atoms with Gasteiger partial charge in [-0.2, -0.15) is 21.6 Å². The van der Waals surface area contributed by atoms with Crippen molar-refractivity contribution in [2.75, 3.05) is 11.8 Å². The molecule has 0 aromatic heterocycles. The molecule has 96 valence electrons. The number of benzene rings is 1. The standard InChI is InChI=1S/C9H11F3N2O2S/c1-13-6-7-3-2-4-8(5-7)14-17(15,16)9(10,11)12/h2-5,13-14H,6H2,1H3. The molecular formula is C9H11F3N2O2S. The van der Waals surface area contributed by atoms with E-state index in [0.29, 0.717) is 12.1 Å². The van der Waals surface area contributed by atoms with E-state index in [2.05, 4.69) is 5.32 Å². The van der Waals surface area contributed by atoms with Gasteiger partial charge in [0.1, 0.15) is 0 Å². The number of hydrogen-bond donors (Lipinski definition) is 2. The summed E-state index contributed by atoms with van der Waals surface area (Å²) in [6.07, 6.45) is 0. The molecule has 1 rings (SSSR count). The largest absolute Gasteiger partial charge is 0.516 e. The van der Waals surface area contributed by atoms with Crippen molar-refractivity contribution in [1.29, 1.82) is 0 Å². The molecule has 1 aromatic carbocycles. The van der Waals surface area contributed by atoms with Crippen LogP contribution < -0.4 is 10.0 Å². The van der Waals surface area contributed by atoms with Crippen molar-refractivity contribution < 1.29 is 21.6 Å². The van der Waals surface area contributed by atoms with Crippen LogP contribution in [-0.2, 0) is 16.6 Å². The van der Waals surface area contributed by atoms with Gasteiger partial charge in [0, 0.05) is 12.2 Å².